The van der Waals surface area contributed by atoms with Gasteiger partial charge in [-0.3, -0.25) is 4.79 Å². The van der Waals surface area contributed by atoms with Gasteiger partial charge in [0.2, 0.25) is 5.95 Å². The maximum Gasteiger partial charge on any atom is 0.274 e. The van der Waals surface area contributed by atoms with Crippen LogP contribution in [0.5, 0.6) is 0 Å². The van der Waals surface area contributed by atoms with Gasteiger partial charge in [-0.15, -0.1) is 0 Å². The molecule has 0 saturated carbocycles. The molecule has 2 heterocycles. The topological polar surface area (TPSA) is 58.1 Å². The average molecular weight is 317 g/mol. The number of halogens is 1. The number of carbonyl (C=O) groups excluding carboxylic acids is 1. The molecule has 6 heteroatoms. The highest BCUT2D eigenvalue weighted by molar-refractivity contribution is 6.30. The summed E-state index contributed by atoms with van der Waals surface area (Å²) in [6.45, 7) is 3.79. The fraction of sp³-hybridized carbons (Fsp3) is 0.312. The second-order valence-electron chi connectivity index (χ2n) is 5.35. The minimum atomic E-state index is -0.242. The molecule has 0 bridgehead atoms. The molecule has 1 N–H and O–H groups in total. The van der Waals surface area contributed by atoms with E-state index in [1.807, 2.05) is 13.0 Å². The van der Waals surface area contributed by atoms with Gasteiger partial charge in [0.15, 0.2) is 0 Å². The van der Waals surface area contributed by atoms with Crippen LogP contribution in [-0.4, -0.2) is 29.0 Å². The number of nitrogens with zero attached hydrogens (tertiary/aromatic N) is 3. The number of aromatic nitrogens is 2. The number of anilines is 2. The summed E-state index contributed by atoms with van der Waals surface area (Å²) in [5.41, 5.74) is 2.01. The quantitative estimate of drug-likeness (QED) is 0.944. The van der Waals surface area contributed by atoms with Crippen LogP contribution in [0.2, 0.25) is 5.02 Å². The third-order valence-corrected chi connectivity index (χ3v) is 3.94. The molecule has 1 fully saturated rings. The maximum atomic E-state index is 12.4. The second kappa shape index (κ2) is 6.32. The van der Waals surface area contributed by atoms with E-state index in [-0.39, 0.29) is 5.91 Å². The van der Waals surface area contributed by atoms with Gasteiger partial charge in [-0.05, 0) is 49.6 Å². The smallest absolute Gasteiger partial charge is 0.274 e. The lowest BCUT2D eigenvalue weighted by Gasteiger charge is -2.15. The number of nitrogens with one attached hydrogen (secondary N) is 1. The lowest BCUT2D eigenvalue weighted by molar-refractivity contribution is 0.102. The fourth-order valence-corrected chi connectivity index (χ4v) is 2.72. The summed E-state index contributed by atoms with van der Waals surface area (Å²) >= 11 is 5.93. The monoisotopic (exact) mass is 316 g/mol. The largest absolute Gasteiger partial charge is 0.341 e. The molecule has 22 heavy (non-hydrogen) atoms. The first kappa shape index (κ1) is 14.8. The van der Waals surface area contributed by atoms with E-state index in [0.717, 1.165) is 37.2 Å². The van der Waals surface area contributed by atoms with Gasteiger partial charge in [-0.1, -0.05) is 11.6 Å². The van der Waals surface area contributed by atoms with E-state index in [0.29, 0.717) is 16.7 Å². The Bertz CT molecular complexity index is 698. The molecule has 1 aromatic carbocycles. The molecular weight excluding hydrogens is 300 g/mol. The van der Waals surface area contributed by atoms with Gasteiger partial charge in [0.25, 0.3) is 5.91 Å². The Morgan fingerprint density at radius 2 is 2.05 bits per heavy atom. The fourth-order valence-electron chi connectivity index (χ4n) is 2.50. The van der Waals surface area contributed by atoms with Crippen LogP contribution in [-0.2, 0) is 0 Å². The molecule has 2 aromatic rings. The highest BCUT2D eigenvalue weighted by Gasteiger charge is 2.17. The van der Waals surface area contributed by atoms with E-state index in [9.17, 15) is 4.79 Å². The maximum absolute atomic E-state index is 12.4. The van der Waals surface area contributed by atoms with Crippen molar-refractivity contribution in [3.63, 3.8) is 0 Å². The third kappa shape index (κ3) is 3.20. The Labute approximate surface area is 134 Å². The number of amides is 1. The van der Waals surface area contributed by atoms with Gasteiger partial charge < -0.3 is 10.2 Å². The van der Waals surface area contributed by atoms with Gasteiger partial charge in [0.1, 0.15) is 5.69 Å². The Morgan fingerprint density at radius 3 is 2.77 bits per heavy atom. The summed E-state index contributed by atoms with van der Waals surface area (Å²) in [7, 11) is 0. The number of aryl methyl sites for hydroxylation is 1. The predicted molar refractivity (Wildman–Crippen MR) is 87.6 cm³/mol. The normalized spacial score (nSPS) is 14.2. The summed E-state index contributed by atoms with van der Waals surface area (Å²) in [5, 5.41) is 3.51. The van der Waals surface area contributed by atoms with Gasteiger partial charge in [-0.2, -0.15) is 0 Å². The highest BCUT2D eigenvalue weighted by Crippen LogP contribution is 2.20. The van der Waals surface area contributed by atoms with Crippen LogP contribution in [0.4, 0.5) is 11.6 Å². The van der Waals surface area contributed by atoms with E-state index >= 15 is 0 Å². The molecule has 0 unspecified atom stereocenters. The van der Waals surface area contributed by atoms with Crippen molar-refractivity contribution in [1.29, 1.82) is 0 Å². The van der Waals surface area contributed by atoms with Gasteiger partial charge in [0.05, 0.1) is 0 Å². The van der Waals surface area contributed by atoms with E-state index in [4.69, 9.17) is 11.6 Å². The number of rotatable bonds is 3. The Balaban J connectivity index is 1.78. The van der Waals surface area contributed by atoms with E-state index in [2.05, 4.69) is 20.2 Å². The van der Waals surface area contributed by atoms with Crippen molar-refractivity contribution in [1.82, 2.24) is 9.97 Å². The number of benzene rings is 1. The van der Waals surface area contributed by atoms with Crippen molar-refractivity contribution in [2.45, 2.75) is 19.8 Å². The molecule has 3 rings (SSSR count). The lowest BCUT2D eigenvalue weighted by Crippen LogP contribution is -2.22. The van der Waals surface area contributed by atoms with Crippen LogP contribution in [0.15, 0.2) is 30.5 Å². The minimum absolute atomic E-state index is 0.242. The van der Waals surface area contributed by atoms with Gasteiger partial charge in [0, 0.05) is 30.0 Å². The van der Waals surface area contributed by atoms with Crippen LogP contribution in [0.1, 0.15) is 28.9 Å². The molecule has 1 saturated heterocycles. The first-order chi connectivity index (χ1) is 10.6. The Hall–Kier alpha value is -2.14. The van der Waals surface area contributed by atoms with Crippen molar-refractivity contribution in [3.8, 4) is 0 Å². The van der Waals surface area contributed by atoms with Crippen LogP contribution in [0.3, 0.4) is 0 Å². The summed E-state index contributed by atoms with van der Waals surface area (Å²) in [5.74, 6) is 0.381. The van der Waals surface area contributed by atoms with Crippen molar-refractivity contribution in [3.05, 3.63) is 46.7 Å². The van der Waals surface area contributed by atoms with E-state index < -0.39 is 0 Å². The molecule has 0 atom stereocenters. The number of carbonyl (C=O) groups is 1. The molecule has 0 spiro atoms. The molecule has 1 aliphatic rings. The SMILES string of the molecule is Cc1cc(Cl)ccc1NC(=O)c1ccnc(N2CCCC2)n1. The van der Waals surface area contributed by atoms with Crippen LogP contribution in [0, 0.1) is 6.92 Å². The zero-order chi connectivity index (χ0) is 15.5. The van der Waals surface area contributed by atoms with Crippen LogP contribution >= 0.6 is 11.6 Å². The van der Waals surface area contributed by atoms with Gasteiger partial charge >= 0.3 is 0 Å². The lowest BCUT2D eigenvalue weighted by atomic mass is 10.2. The zero-order valence-corrected chi connectivity index (χ0v) is 13.1. The van der Waals surface area contributed by atoms with Crippen molar-refractivity contribution in [2.24, 2.45) is 0 Å². The summed E-state index contributed by atoms with van der Waals surface area (Å²) in [6, 6.07) is 6.98. The standard InChI is InChI=1S/C16H17ClN4O/c1-11-10-12(17)4-5-13(11)19-15(22)14-6-7-18-16(20-14)21-8-2-3-9-21/h4-7,10H,2-3,8-9H2,1H3,(H,19,22). The van der Waals surface area contributed by atoms with E-state index in [1.165, 1.54) is 0 Å². The number of hydrogen-bond donors (Lipinski definition) is 1. The molecule has 1 amide bonds. The Morgan fingerprint density at radius 1 is 1.27 bits per heavy atom. The molecular formula is C16H17ClN4O. The molecule has 1 aromatic heterocycles. The second-order valence-corrected chi connectivity index (χ2v) is 5.79. The zero-order valence-electron chi connectivity index (χ0n) is 12.3. The van der Waals surface area contributed by atoms with Crippen LogP contribution in [0.25, 0.3) is 0 Å². The van der Waals surface area contributed by atoms with Crippen LogP contribution < -0.4 is 10.2 Å². The third-order valence-electron chi connectivity index (χ3n) is 3.70. The molecule has 5 nitrogen and oxygen atoms in total. The van der Waals surface area contributed by atoms with E-state index in [1.54, 1.807) is 24.4 Å². The number of hydrogen-bond acceptors (Lipinski definition) is 4. The van der Waals surface area contributed by atoms with Crippen molar-refractivity contribution >= 4 is 29.1 Å². The predicted octanol–water partition coefficient (Wildman–Crippen LogP) is 3.29. The molecule has 1 aliphatic heterocycles. The molecule has 0 aliphatic carbocycles. The summed E-state index contributed by atoms with van der Waals surface area (Å²) in [4.78, 5) is 23.1. The molecule has 0 radical (unpaired) electrons. The average Bonchev–Trinajstić information content (AvgIpc) is 3.04. The summed E-state index contributed by atoms with van der Waals surface area (Å²) in [6.07, 6.45) is 3.91. The first-order valence-electron chi connectivity index (χ1n) is 7.29. The first-order valence-corrected chi connectivity index (χ1v) is 7.67. The van der Waals surface area contributed by atoms with Crippen molar-refractivity contribution < 1.29 is 4.79 Å². The molecule has 114 valence electrons. The summed E-state index contributed by atoms with van der Waals surface area (Å²) < 4.78 is 0. The Kier molecular flexibility index (Phi) is 4.24. The highest BCUT2D eigenvalue weighted by atomic mass is 35.5. The van der Waals surface area contributed by atoms with Crippen molar-refractivity contribution in [2.75, 3.05) is 23.3 Å². The van der Waals surface area contributed by atoms with Gasteiger partial charge in [-0.25, -0.2) is 9.97 Å². The minimum Gasteiger partial charge on any atom is -0.341 e.